The van der Waals surface area contributed by atoms with Crippen LogP contribution < -0.4 is 4.74 Å². The summed E-state index contributed by atoms with van der Waals surface area (Å²) < 4.78 is 18.6. The number of carboxylic acids is 1. The molecule has 0 aromatic heterocycles. The van der Waals surface area contributed by atoms with Gasteiger partial charge in [-0.2, -0.15) is 0 Å². The van der Waals surface area contributed by atoms with E-state index in [4.69, 9.17) is 21.4 Å². The Morgan fingerprint density at radius 1 is 1.26 bits per heavy atom. The van der Waals surface area contributed by atoms with E-state index in [-0.39, 0.29) is 12.2 Å². The van der Waals surface area contributed by atoms with Gasteiger partial charge in [0.15, 0.2) is 0 Å². The van der Waals surface area contributed by atoms with Crippen LogP contribution in [0.4, 0.5) is 4.39 Å². The zero-order valence-electron chi connectivity index (χ0n) is 9.77. The van der Waals surface area contributed by atoms with Crippen molar-refractivity contribution in [2.75, 3.05) is 0 Å². The maximum absolute atomic E-state index is 13.2. The minimum Gasteiger partial charge on any atom is -0.489 e. The quantitative estimate of drug-likeness (QED) is 0.927. The van der Waals surface area contributed by atoms with E-state index in [2.05, 4.69) is 0 Å². The smallest absolute Gasteiger partial charge is 0.338 e. The molecule has 1 N–H and O–H groups in total. The molecular formula is C14H10ClFO3. The minimum atomic E-state index is -1.30. The first kappa shape index (κ1) is 13.4. The van der Waals surface area contributed by atoms with E-state index in [0.717, 1.165) is 6.07 Å². The first-order valence-electron chi connectivity index (χ1n) is 5.46. The van der Waals surface area contributed by atoms with Gasteiger partial charge in [0.2, 0.25) is 0 Å². The predicted molar refractivity (Wildman–Crippen MR) is 69.1 cm³/mol. The van der Waals surface area contributed by atoms with Crippen molar-refractivity contribution in [2.45, 2.75) is 6.61 Å². The van der Waals surface area contributed by atoms with Crippen LogP contribution in [0, 0.1) is 5.82 Å². The van der Waals surface area contributed by atoms with Crippen molar-refractivity contribution in [1.82, 2.24) is 0 Å². The predicted octanol–water partition coefficient (Wildman–Crippen LogP) is 3.76. The molecule has 5 heteroatoms. The van der Waals surface area contributed by atoms with E-state index in [1.165, 1.54) is 12.1 Å². The van der Waals surface area contributed by atoms with Gasteiger partial charge >= 0.3 is 5.97 Å². The summed E-state index contributed by atoms with van der Waals surface area (Å²) in [5, 5.41) is 9.36. The average Bonchev–Trinajstić information content (AvgIpc) is 2.37. The van der Waals surface area contributed by atoms with E-state index < -0.39 is 11.8 Å². The maximum atomic E-state index is 13.2. The van der Waals surface area contributed by atoms with Crippen molar-refractivity contribution in [3.63, 3.8) is 0 Å². The molecule has 0 aliphatic heterocycles. The lowest BCUT2D eigenvalue weighted by Gasteiger charge is -2.07. The fourth-order valence-corrected chi connectivity index (χ4v) is 1.73. The van der Waals surface area contributed by atoms with Crippen molar-refractivity contribution in [3.8, 4) is 5.75 Å². The van der Waals surface area contributed by atoms with Gasteiger partial charge in [-0.3, -0.25) is 0 Å². The molecule has 0 aliphatic carbocycles. The molecule has 0 fully saturated rings. The van der Waals surface area contributed by atoms with E-state index in [0.29, 0.717) is 16.3 Å². The first-order valence-corrected chi connectivity index (χ1v) is 5.84. The molecule has 0 heterocycles. The molecule has 0 bridgehead atoms. The third-order valence-electron chi connectivity index (χ3n) is 2.46. The minimum absolute atomic E-state index is 0.140. The lowest BCUT2D eigenvalue weighted by Crippen LogP contribution is -2.03. The SMILES string of the molecule is O=C(O)c1cc(COc2cccc(Cl)c2)ccc1F. The molecule has 0 spiro atoms. The number of aromatic carboxylic acids is 1. The van der Waals surface area contributed by atoms with Gasteiger partial charge in [0.05, 0.1) is 5.56 Å². The highest BCUT2D eigenvalue weighted by Crippen LogP contribution is 2.19. The number of ether oxygens (including phenoxy) is 1. The van der Waals surface area contributed by atoms with Crippen LogP contribution in [0.25, 0.3) is 0 Å². The third kappa shape index (κ3) is 3.45. The van der Waals surface area contributed by atoms with Crippen LogP contribution >= 0.6 is 11.6 Å². The summed E-state index contributed by atoms with van der Waals surface area (Å²) >= 11 is 5.81. The van der Waals surface area contributed by atoms with Crippen LogP contribution in [0.3, 0.4) is 0 Å². The molecule has 2 aromatic rings. The Labute approximate surface area is 114 Å². The number of hydrogen-bond acceptors (Lipinski definition) is 2. The number of rotatable bonds is 4. The Balaban J connectivity index is 2.12. The molecule has 0 saturated carbocycles. The molecule has 0 aliphatic rings. The molecule has 0 saturated heterocycles. The summed E-state index contributed by atoms with van der Waals surface area (Å²) in [5.41, 5.74) is 0.200. The Kier molecular flexibility index (Phi) is 4.02. The second-order valence-electron chi connectivity index (χ2n) is 3.87. The number of carboxylic acid groups (broad SMARTS) is 1. The van der Waals surface area contributed by atoms with Gasteiger partial charge in [0, 0.05) is 5.02 Å². The summed E-state index contributed by atoms with van der Waals surface area (Å²) in [5.74, 6) is -1.50. The van der Waals surface area contributed by atoms with Gasteiger partial charge < -0.3 is 9.84 Å². The van der Waals surface area contributed by atoms with E-state index in [1.807, 2.05) is 0 Å². The fraction of sp³-hybridized carbons (Fsp3) is 0.0714. The van der Waals surface area contributed by atoms with Crippen molar-refractivity contribution in [2.24, 2.45) is 0 Å². The molecule has 0 unspecified atom stereocenters. The Morgan fingerprint density at radius 2 is 2.05 bits per heavy atom. The topological polar surface area (TPSA) is 46.5 Å². The van der Waals surface area contributed by atoms with E-state index >= 15 is 0 Å². The normalized spacial score (nSPS) is 10.2. The molecule has 98 valence electrons. The van der Waals surface area contributed by atoms with Crippen LogP contribution in [0.2, 0.25) is 5.02 Å². The average molecular weight is 281 g/mol. The highest BCUT2D eigenvalue weighted by molar-refractivity contribution is 6.30. The van der Waals surface area contributed by atoms with Crippen molar-refractivity contribution >= 4 is 17.6 Å². The molecule has 3 nitrogen and oxygen atoms in total. The molecule has 0 atom stereocenters. The van der Waals surface area contributed by atoms with Crippen molar-refractivity contribution in [3.05, 3.63) is 64.4 Å². The van der Waals surface area contributed by atoms with Crippen molar-refractivity contribution < 1.29 is 19.0 Å². The highest BCUT2D eigenvalue weighted by atomic mass is 35.5. The molecule has 0 radical (unpaired) electrons. The second-order valence-corrected chi connectivity index (χ2v) is 4.30. The highest BCUT2D eigenvalue weighted by Gasteiger charge is 2.10. The second kappa shape index (κ2) is 5.71. The monoisotopic (exact) mass is 280 g/mol. The van der Waals surface area contributed by atoms with Crippen LogP contribution in [0.1, 0.15) is 15.9 Å². The summed E-state index contributed by atoms with van der Waals surface area (Å²) in [6.07, 6.45) is 0. The number of benzene rings is 2. The molecule has 19 heavy (non-hydrogen) atoms. The number of halogens is 2. The van der Waals surface area contributed by atoms with Crippen LogP contribution in [0.15, 0.2) is 42.5 Å². The third-order valence-corrected chi connectivity index (χ3v) is 2.70. The van der Waals surface area contributed by atoms with Crippen LogP contribution in [-0.2, 0) is 6.61 Å². The van der Waals surface area contributed by atoms with E-state index in [9.17, 15) is 9.18 Å². The lowest BCUT2D eigenvalue weighted by molar-refractivity contribution is 0.0691. The molecular weight excluding hydrogens is 271 g/mol. The number of hydrogen-bond donors (Lipinski definition) is 1. The maximum Gasteiger partial charge on any atom is 0.338 e. The van der Waals surface area contributed by atoms with Gasteiger partial charge in [-0.05, 0) is 35.9 Å². The standard InChI is InChI=1S/C14H10ClFO3/c15-10-2-1-3-11(7-10)19-8-9-4-5-13(16)12(6-9)14(17)18/h1-7H,8H2,(H,17,18). The Morgan fingerprint density at radius 3 is 2.74 bits per heavy atom. The first-order chi connectivity index (χ1) is 9.06. The van der Waals surface area contributed by atoms with Crippen LogP contribution in [-0.4, -0.2) is 11.1 Å². The summed E-state index contributed by atoms with van der Waals surface area (Å²) in [7, 11) is 0. The molecule has 2 rings (SSSR count). The van der Waals surface area contributed by atoms with E-state index in [1.54, 1.807) is 24.3 Å². The summed E-state index contributed by atoms with van der Waals surface area (Å²) in [6.45, 7) is 0.140. The van der Waals surface area contributed by atoms with Gasteiger partial charge in [0.1, 0.15) is 18.2 Å². The number of carbonyl (C=O) groups is 1. The zero-order chi connectivity index (χ0) is 13.8. The summed E-state index contributed by atoms with van der Waals surface area (Å²) in [6, 6.07) is 10.7. The van der Waals surface area contributed by atoms with Crippen molar-refractivity contribution in [1.29, 1.82) is 0 Å². The zero-order valence-corrected chi connectivity index (χ0v) is 10.5. The summed E-state index contributed by atoms with van der Waals surface area (Å²) in [4.78, 5) is 10.8. The Hall–Kier alpha value is -2.07. The lowest BCUT2D eigenvalue weighted by atomic mass is 10.1. The largest absolute Gasteiger partial charge is 0.489 e. The van der Waals surface area contributed by atoms with Gasteiger partial charge in [0.25, 0.3) is 0 Å². The van der Waals surface area contributed by atoms with Gasteiger partial charge in [-0.15, -0.1) is 0 Å². The Bertz CT molecular complexity index is 613. The fourth-order valence-electron chi connectivity index (χ4n) is 1.55. The molecule has 0 amide bonds. The molecule has 2 aromatic carbocycles. The van der Waals surface area contributed by atoms with Crippen LogP contribution in [0.5, 0.6) is 5.75 Å². The van der Waals surface area contributed by atoms with Gasteiger partial charge in [-0.1, -0.05) is 23.7 Å². The van der Waals surface area contributed by atoms with Gasteiger partial charge in [-0.25, -0.2) is 9.18 Å².